The summed E-state index contributed by atoms with van der Waals surface area (Å²) in [5, 5.41) is 21.0. The Balaban J connectivity index is 1.75. The van der Waals surface area contributed by atoms with E-state index in [-0.39, 0.29) is 17.5 Å². The number of phenols is 2. The lowest BCUT2D eigenvalue weighted by molar-refractivity contribution is 0.174. The fraction of sp³-hybridized carbons (Fsp3) is 0.308. The fourth-order valence-electron chi connectivity index (χ4n) is 4.55. The number of phenolic OH excluding ortho intramolecular Hbond substituents is 2. The molecule has 0 radical (unpaired) electrons. The molecule has 0 fully saturated rings. The molecule has 1 heterocycles. The lowest BCUT2D eigenvalue weighted by atomic mass is 9.87. The van der Waals surface area contributed by atoms with Crippen molar-refractivity contribution in [2.45, 2.75) is 25.4 Å². The molecule has 1 atom stereocenters. The van der Waals surface area contributed by atoms with Crippen LogP contribution in [0, 0.1) is 0 Å². The molecule has 1 unspecified atom stereocenters. The number of fused-ring (bicyclic) bond motifs is 1. The average Bonchev–Trinajstić information content (AvgIpc) is 2.81. The van der Waals surface area contributed by atoms with Crippen molar-refractivity contribution in [1.29, 1.82) is 0 Å². The molecule has 0 aliphatic carbocycles. The summed E-state index contributed by atoms with van der Waals surface area (Å²) in [7, 11) is 4.78. The Morgan fingerprint density at radius 1 is 0.909 bits per heavy atom. The van der Waals surface area contributed by atoms with Gasteiger partial charge in [0, 0.05) is 24.2 Å². The van der Waals surface area contributed by atoms with Crippen LogP contribution in [0.2, 0.25) is 5.02 Å². The van der Waals surface area contributed by atoms with Crippen molar-refractivity contribution in [2.75, 3.05) is 27.9 Å². The maximum atomic E-state index is 10.3. The van der Waals surface area contributed by atoms with Gasteiger partial charge in [-0.15, -0.1) is 0 Å². The summed E-state index contributed by atoms with van der Waals surface area (Å²) in [6.07, 6.45) is 1.42. The Kier molecular flexibility index (Phi) is 6.86. The van der Waals surface area contributed by atoms with Crippen molar-refractivity contribution in [3.8, 4) is 28.7 Å². The van der Waals surface area contributed by atoms with Gasteiger partial charge in [0.05, 0.1) is 21.3 Å². The molecule has 6 nitrogen and oxygen atoms in total. The van der Waals surface area contributed by atoms with E-state index in [0.717, 1.165) is 35.2 Å². The van der Waals surface area contributed by atoms with Crippen LogP contribution in [0.25, 0.3) is 0 Å². The predicted octanol–water partition coefficient (Wildman–Crippen LogP) is 5.12. The van der Waals surface area contributed by atoms with E-state index < -0.39 is 0 Å². The van der Waals surface area contributed by atoms with Gasteiger partial charge in [0.15, 0.2) is 23.0 Å². The Labute approximate surface area is 198 Å². The first-order valence-electron chi connectivity index (χ1n) is 10.8. The number of aromatic hydroxyl groups is 2. The largest absolute Gasteiger partial charge is 0.504 e. The summed E-state index contributed by atoms with van der Waals surface area (Å²) in [6, 6.07) is 15.1. The van der Waals surface area contributed by atoms with E-state index >= 15 is 0 Å². The lowest BCUT2D eigenvalue weighted by Crippen LogP contribution is -2.36. The molecule has 3 aromatic rings. The Morgan fingerprint density at radius 3 is 2.24 bits per heavy atom. The van der Waals surface area contributed by atoms with Crippen LogP contribution in [-0.2, 0) is 19.4 Å². The standard InChI is InChI=1S/C26H28ClNO5/c1-31-24-11-17(12-25(32-2)26(24)33-3)10-21-20-14-23(30)22(29)13-18(20)7-8-28(21)15-16-5-4-6-19(27)9-16/h4-6,9,11-14,21,29-30H,7-8,10,15H2,1-3H3. The molecular weight excluding hydrogens is 442 g/mol. The van der Waals surface area contributed by atoms with Crippen LogP contribution in [0.3, 0.4) is 0 Å². The van der Waals surface area contributed by atoms with Gasteiger partial charge in [-0.05, 0) is 71.5 Å². The molecule has 1 aliphatic heterocycles. The summed E-state index contributed by atoms with van der Waals surface area (Å²) in [5.41, 5.74) is 4.15. The average molecular weight is 470 g/mol. The molecule has 0 bridgehead atoms. The highest BCUT2D eigenvalue weighted by molar-refractivity contribution is 6.30. The van der Waals surface area contributed by atoms with Crippen LogP contribution in [-0.4, -0.2) is 43.0 Å². The summed E-state index contributed by atoms with van der Waals surface area (Å²) < 4.78 is 16.6. The number of methoxy groups -OCH3 is 3. The van der Waals surface area contributed by atoms with Crippen molar-refractivity contribution in [1.82, 2.24) is 4.90 Å². The van der Waals surface area contributed by atoms with E-state index in [0.29, 0.717) is 35.2 Å². The number of ether oxygens (including phenoxy) is 3. The van der Waals surface area contributed by atoms with Crippen LogP contribution >= 0.6 is 11.6 Å². The molecule has 7 heteroatoms. The molecule has 174 valence electrons. The molecule has 3 aromatic carbocycles. The molecule has 4 rings (SSSR count). The lowest BCUT2D eigenvalue weighted by Gasteiger charge is -2.38. The van der Waals surface area contributed by atoms with Gasteiger partial charge in [-0.1, -0.05) is 23.7 Å². The second-order valence-corrected chi connectivity index (χ2v) is 8.58. The summed E-state index contributed by atoms with van der Waals surface area (Å²) in [6.45, 7) is 1.51. The van der Waals surface area contributed by atoms with Crippen LogP contribution in [0.15, 0.2) is 48.5 Å². The van der Waals surface area contributed by atoms with E-state index in [1.165, 1.54) is 0 Å². The SMILES string of the molecule is COc1cc(CC2c3cc(O)c(O)cc3CCN2Cc2cccc(Cl)c2)cc(OC)c1OC. The van der Waals surface area contributed by atoms with Crippen LogP contribution in [0.1, 0.15) is 28.3 Å². The van der Waals surface area contributed by atoms with Gasteiger partial charge in [0.1, 0.15) is 0 Å². The third kappa shape index (κ3) is 4.82. The van der Waals surface area contributed by atoms with Gasteiger partial charge in [-0.3, -0.25) is 4.90 Å². The van der Waals surface area contributed by atoms with Gasteiger partial charge in [0.25, 0.3) is 0 Å². The number of hydrogen-bond acceptors (Lipinski definition) is 6. The molecule has 0 spiro atoms. The van der Waals surface area contributed by atoms with E-state index in [1.54, 1.807) is 33.5 Å². The third-order valence-corrected chi connectivity index (χ3v) is 6.37. The van der Waals surface area contributed by atoms with E-state index in [4.69, 9.17) is 25.8 Å². The third-order valence-electron chi connectivity index (χ3n) is 6.13. The predicted molar refractivity (Wildman–Crippen MR) is 128 cm³/mol. The van der Waals surface area contributed by atoms with Gasteiger partial charge in [-0.25, -0.2) is 0 Å². The molecular formula is C26H28ClNO5. The van der Waals surface area contributed by atoms with Crippen molar-refractivity contribution in [2.24, 2.45) is 0 Å². The minimum atomic E-state index is -0.117. The first-order valence-corrected chi connectivity index (χ1v) is 11.1. The minimum absolute atomic E-state index is 0.0398. The number of benzene rings is 3. The minimum Gasteiger partial charge on any atom is -0.504 e. The summed E-state index contributed by atoms with van der Waals surface area (Å²) in [4.78, 5) is 2.37. The Bertz CT molecular complexity index is 1120. The molecule has 0 saturated heterocycles. The van der Waals surface area contributed by atoms with E-state index in [9.17, 15) is 10.2 Å². The van der Waals surface area contributed by atoms with Gasteiger partial charge < -0.3 is 24.4 Å². The van der Waals surface area contributed by atoms with Crippen molar-refractivity contribution >= 4 is 11.6 Å². The molecule has 0 amide bonds. The molecule has 0 saturated carbocycles. The topological polar surface area (TPSA) is 71.4 Å². The smallest absolute Gasteiger partial charge is 0.203 e. The van der Waals surface area contributed by atoms with Gasteiger partial charge >= 0.3 is 0 Å². The second-order valence-electron chi connectivity index (χ2n) is 8.14. The maximum Gasteiger partial charge on any atom is 0.203 e. The summed E-state index contributed by atoms with van der Waals surface area (Å²) in [5.74, 6) is 1.53. The van der Waals surface area contributed by atoms with Gasteiger partial charge in [-0.2, -0.15) is 0 Å². The zero-order valence-corrected chi connectivity index (χ0v) is 19.7. The van der Waals surface area contributed by atoms with E-state index in [1.807, 2.05) is 30.3 Å². The normalized spacial score (nSPS) is 15.7. The fourth-order valence-corrected chi connectivity index (χ4v) is 4.77. The van der Waals surface area contributed by atoms with Crippen LogP contribution < -0.4 is 14.2 Å². The Hall–Kier alpha value is -3.09. The molecule has 33 heavy (non-hydrogen) atoms. The van der Waals surface area contributed by atoms with Crippen molar-refractivity contribution in [3.05, 3.63) is 75.8 Å². The number of nitrogens with zero attached hydrogens (tertiary/aromatic N) is 1. The zero-order chi connectivity index (χ0) is 23.5. The van der Waals surface area contributed by atoms with Crippen LogP contribution in [0.4, 0.5) is 0 Å². The monoisotopic (exact) mass is 469 g/mol. The number of rotatable bonds is 7. The molecule has 2 N–H and O–H groups in total. The Morgan fingerprint density at radius 2 is 1.61 bits per heavy atom. The highest BCUT2D eigenvalue weighted by Crippen LogP contribution is 2.42. The first-order chi connectivity index (χ1) is 15.9. The summed E-state index contributed by atoms with van der Waals surface area (Å²) >= 11 is 6.22. The number of hydrogen-bond donors (Lipinski definition) is 2. The maximum absolute atomic E-state index is 10.3. The van der Waals surface area contributed by atoms with Crippen molar-refractivity contribution in [3.63, 3.8) is 0 Å². The molecule has 0 aromatic heterocycles. The highest BCUT2D eigenvalue weighted by Gasteiger charge is 2.30. The zero-order valence-electron chi connectivity index (χ0n) is 19.0. The van der Waals surface area contributed by atoms with E-state index in [2.05, 4.69) is 11.0 Å². The first kappa shape index (κ1) is 23.1. The second kappa shape index (κ2) is 9.81. The molecule has 1 aliphatic rings. The highest BCUT2D eigenvalue weighted by atomic mass is 35.5. The quantitative estimate of drug-likeness (QED) is 0.468. The number of halogens is 1. The van der Waals surface area contributed by atoms with Crippen molar-refractivity contribution < 1.29 is 24.4 Å². The van der Waals surface area contributed by atoms with Gasteiger partial charge in [0.2, 0.25) is 5.75 Å². The van der Waals surface area contributed by atoms with Crippen LogP contribution in [0.5, 0.6) is 28.7 Å².